The van der Waals surface area contributed by atoms with Crippen LogP contribution in [0.4, 0.5) is 5.69 Å². The molecule has 3 heteroatoms. The van der Waals surface area contributed by atoms with E-state index in [1.165, 1.54) is 19.3 Å². The highest BCUT2D eigenvalue weighted by Gasteiger charge is 2.21. The van der Waals surface area contributed by atoms with Crippen molar-refractivity contribution in [3.8, 4) is 0 Å². The van der Waals surface area contributed by atoms with Crippen LogP contribution < -0.4 is 11.1 Å². The van der Waals surface area contributed by atoms with Crippen molar-refractivity contribution in [3.05, 3.63) is 29.3 Å². The first-order chi connectivity index (χ1) is 8.09. The van der Waals surface area contributed by atoms with Gasteiger partial charge in [0.2, 0.25) is 0 Å². The molecule has 1 aromatic rings. The van der Waals surface area contributed by atoms with Crippen molar-refractivity contribution in [3.63, 3.8) is 0 Å². The third kappa shape index (κ3) is 4.97. The molecule has 0 aliphatic heterocycles. The van der Waals surface area contributed by atoms with E-state index >= 15 is 0 Å². The van der Waals surface area contributed by atoms with Crippen LogP contribution in [0.1, 0.15) is 39.5 Å². The van der Waals surface area contributed by atoms with Gasteiger partial charge in [0.1, 0.15) is 0 Å². The summed E-state index contributed by atoms with van der Waals surface area (Å²) in [7, 11) is 0. The summed E-state index contributed by atoms with van der Waals surface area (Å²) in [6, 6.07) is 7.78. The van der Waals surface area contributed by atoms with Gasteiger partial charge in [-0.2, -0.15) is 0 Å². The van der Waals surface area contributed by atoms with Crippen LogP contribution in [-0.2, 0) is 0 Å². The number of unbranched alkanes of at least 4 members (excludes halogenated alkanes) is 2. The maximum Gasteiger partial charge on any atom is 0.0467 e. The Hall–Kier alpha value is -0.730. The zero-order valence-electron chi connectivity index (χ0n) is 10.8. The van der Waals surface area contributed by atoms with Crippen LogP contribution in [0.5, 0.6) is 0 Å². The van der Waals surface area contributed by atoms with E-state index in [1.54, 1.807) is 0 Å². The van der Waals surface area contributed by atoms with Crippen LogP contribution in [0.25, 0.3) is 0 Å². The third-order valence-electron chi connectivity index (χ3n) is 3.07. The highest BCUT2D eigenvalue weighted by atomic mass is 35.5. The van der Waals surface area contributed by atoms with Crippen LogP contribution >= 0.6 is 11.6 Å². The quantitative estimate of drug-likeness (QED) is 0.721. The van der Waals surface area contributed by atoms with Gasteiger partial charge in [0.05, 0.1) is 0 Å². The van der Waals surface area contributed by atoms with Crippen molar-refractivity contribution < 1.29 is 0 Å². The Morgan fingerprint density at radius 1 is 1.24 bits per heavy atom. The number of benzene rings is 1. The van der Waals surface area contributed by atoms with Crippen LogP contribution in [0.3, 0.4) is 0 Å². The number of rotatable bonds is 7. The van der Waals surface area contributed by atoms with Crippen molar-refractivity contribution in [2.45, 2.75) is 45.1 Å². The predicted molar refractivity (Wildman–Crippen MR) is 76.7 cm³/mol. The minimum absolute atomic E-state index is 0.0248. The largest absolute Gasteiger partial charge is 0.379 e. The average molecular weight is 255 g/mol. The van der Waals surface area contributed by atoms with Crippen LogP contribution in [0.2, 0.25) is 5.02 Å². The van der Waals surface area contributed by atoms with E-state index < -0.39 is 0 Å². The molecule has 1 atom stereocenters. The number of hydrogen-bond donors (Lipinski definition) is 2. The number of nitrogens with one attached hydrogen (secondary N) is 1. The molecule has 0 heterocycles. The highest BCUT2D eigenvalue weighted by molar-refractivity contribution is 6.30. The lowest BCUT2D eigenvalue weighted by molar-refractivity contribution is 0.455. The molecule has 0 radical (unpaired) electrons. The molecule has 0 aliphatic rings. The Kier molecular flexibility index (Phi) is 5.79. The van der Waals surface area contributed by atoms with Gasteiger partial charge in [-0.3, -0.25) is 0 Å². The van der Waals surface area contributed by atoms with Gasteiger partial charge in [0.25, 0.3) is 0 Å². The van der Waals surface area contributed by atoms with Crippen LogP contribution in [0.15, 0.2) is 24.3 Å². The van der Waals surface area contributed by atoms with Crippen molar-refractivity contribution >= 4 is 17.3 Å². The molecule has 3 N–H and O–H groups in total. The van der Waals surface area contributed by atoms with Gasteiger partial charge in [-0.05, 0) is 37.6 Å². The van der Waals surface area contributed by atoms with Crippen molar-refractivity contribution in [1.29, 1.82) is 0 Å². The Morgan fingerprint density at radius 3 is 2.41 bits per heavy atom. The predicted octanol–water partition coefficient (Wildman–Crippen LogP) is 4.05. The molecule has 17 heavy (non-hydrogen) atoms. The summed E-state index contributed by atoms with van der Waals surface area (Å²) >= 11 is 5.87. The molecule has 0 fully saturated rings. The molecule has 0 saturated carbocycles. The van der Waals surface area contributed by atoms with Crippen molar-refractivity contribution in [2.75, 3.05) is 11.9 Å². The second-order valence-corrected chi connectivity index (χ2v) is 5.29. The first-order valence-corrected chi connectivity index (χ1v) is 6.71. The fourth-order valence-electron chi connectivity index (χ4n) is 1.86. The Labute approximate surface area is 110 Å². The summed E-state index contributed by atoms with van der Waals surface area (Å²) in [6.45, 7) is 5.03. The van der Waals surface area contributed by atoms with Gasteiger partial charge in [0.15, 0.2) is 0 Å². The highest BCUT2D eigenvalue weighted by Crippen LogP contribution is 2.21. The molecule has 2 nitrogen and oxygen atoms in total. The van der Waals surface area contributed by atoms with Crippen molar-refractivity contribution in [2.24, 2.45) is 5.73 Å². The van der Waals surface area contributed by atoms with Crippen LogP contribution in [-0.4, -0.2) is 12.1 Å². The fraction of sp³-hybridized carbons (Fsp3) is 0.571. The van der Waals surface area contributed by atoms with Crippen LogP contribution in [0, 0.1) is 0 Å². The van der Waals surface area contributed by atoms with Gasteiger partial charge < -0.3 is 11.1 Å². The smallest absolute Gasteiger partial charge is 0.0467 e. The van der Waals surface area contributed by atoms with E-state index in [1.807, 2.05) is 24.3 Å². The normalized spacial score (nSPS) is 14.4. The molecule has 1 rings (SSSR count). The lowest BCUT2D eigenvalue weighted by atomic mass is 9.94. The minimum atomic E-state index is -0.0248. The molecular weight excluding hydrogens is 232 g/mol. The molecule has 0 aliphatic carbocycles. The monoisotopic (exact) mass is 254 g/mol. The lowest BCUT2D eigenvalue weighted by Gasteiger charge is -2.30. The van der Waals surface area contributed by atoms with E-state index in [9.17, 15) is 0 Å². The Morgan fingerprint density at radius 2 is 1.88 bits per heavy atom. The maximum atomic E-state index is 5.88. The van der Waals surface area contributed by atoms with E-state index in [0.29, 0.717) is 6.54 Å². The summed E-state index contributed by atoms with van der Waals surface area (Å²) in [4.78, 5) is 0. The molecule has 0 bridgehead atoms. The molecule has 96 valence electrons. The zero-order chi connectivity index (χ0) is 12.7. The number of halogens is 1. The fourth-order valence-corrected chi connectivity index (χ4v) is 1.99. The van der Waals surface area contributed by atoms with Gasteiger partial charge in [-0.15, -0.1) is 0 Å². The zero-order valence-corrected chi connectivity index (χ0v) is 11.6. The number of hydrogen-bond acceptors (Lipinski definition) is 2. The molecule has 0 aromatic heterocycles. The summed E-state index contributed by atoms with van der Waals surface area (Å²) in [5.41, 5.74) is 6.94. The van der Waals surface area contributed by atoms with Gasteiger partial charge in [-0.25, -0.2) is 0 Å². The second kappa shape index (κ2) is 6.87. The van der Waals surface area contributed by atoms with E-state index in [-0.39, 0.29) is 5.54 Å². The third-order valence-corrected chi connectivity index (χ3v) is 3.32. The standard InChI is InChI=1S/C14H23ClN2/c1-3-4-5-10-14(2,11-16)17-13-8-6-12(15)7-9-13/h6-9,17H,3-5,10-11,16H2,1-2H3. The maximum absolute atomic E-state index is 5.88. The summed E-state index contributed by atoms with van der Waals surface area (Å²) < 4.78 is 0. The van der Waals surface area contributed by atoms with Crippen molar-refractivity contribution in [1.82, 2.24) is 0 Å². The SMILES string of the molecule is CCCCCC(C)(CN)Nc1ccc(Cl)cc1. The molecule has 1 aromatic carbocycles. The van der Waals surface area contributed by atoms with Gasteiger partial charge in [-0.1, -0.05) is 37.8 Å². The topological polar surface area (TPSA) is 38.0 Å². The Balaban J connectivity index is 2.58. The Bertz CT molecular complexity index is 323. The van der Waals surface area contributed by atoms with E-state index in [4.69, 9.17) is 17.3 Å². The molecule has 1 unspecified atom stereocenters. The van der Waals surface area contributed by atoms with Gasteiger partial charge in [0, 0.05) is 22.8 Å². The first kappa shape index (κ1) is 14.3. The van der Waals surface area contributed by atoms with E-state index in [2.05, 4.69) is 19.2 Å². The molecule has 0 amide bonds. The van der Waals surface area contributed by atoms with Gasteiger partial charge >= 0.3 is 0 Å². The number of nitrogens with two attached hydrogens (primary N) is 1. The summed E-state index contributed by atoms with van der Waals surface area (Å²) in [6.07, 6.45) is 4.81. The first-order valence-electron chi connectivity index (χ1n) is 6.33. The minimum Gasteiger partial charge on any atom is -0.379 e. The van der Waals surface area contributed by atoms with E-state index in [0.717, 1.165) is 17.1 Å². The molecule has 0 saturated heterocycles. The second-order valence-electron chi connectivity index (χ2n) is 4.85. The molecular formula is C14H23ClN2. The lowest BCUT2D eigenvalue weighted by Crippen LogP contribution is -2.42. The average Bonchev–Trinajstić information content (AvgIpc) is 2.33. The summed E-state index contributed by atoms with van der Waals surface area (Å²) in [5, 5.41) is 4.27. The molecule has 0 spiro atoms. The summed E-state index contributed by atoms with van der Waals surface area (Å²) in [5.74, 6) is 0. The number of anilines is 1.